The van der Waals surface area contributed by atoms with Gasteiger partial charge in [0.1, 0.15) is 10.6 Å². The van der Waals surface area contributed by atoms with E-state index >= 15 is 0 Å². The molecule has 1 unspecified atom stereocenters. The van der Waals surface area contributed by atoms with Gasteiger partial charge in [0.25, 0.3) is 0 Å². The maximum absolute atomic E-state index is 12.8. The summed E-state index contributed by atoms with van der Waals surface area (Å²) in [6.45, 7) is 4.65. The van der Waals surface area contributed by atoms with Gasteiger partial charge in [0, 0.05) is 38.8 Å². The number of carbonyl (C=O) groups excluding carboxylic acids is 1. The quantitative estimate of drug-likeness (QED) is 0.540. The zero-order valence-electron chi connectivity index (χ0n) is 19.3. The standard InChI is InChI=1S/C24H32N4O4S/c1-25-33(30,31)23-17-19(9-11-22(23)32-3)10-12-24(29)26-21(20-7-5-4-6-8-20)18-28-15-13-27(2)14-16-28/h4-12,17,21,25H,13-16,18H2,1-3H3,(H,26,29)/b12-10+. The number of benzene rings is 2. The zero-order chi connectivity index (χ0) is 23.8. The van der Waals surface area contributed by atoms with Crippen LogP contribution in [-0.4, -0.2) is 78.1 Å². The Hall–Kier alpha value is -2.72. The summed E-state index contributed by atoms with van der Waals surface area (Å²) in [4.78, 5) is 17.5. The van der Waals surface area contributed by atoms with Crippen molar-refractivity contribution >= 4 is 22.0 Å². The molecule has 2 N–H and O–H groups in total. The third-order valence-corrected chi connectivity index (χ3v) is 7.16. The summed E-state index contributed by atoms with van der Waals surface area (Å²) in [5.74, 6) is -0.00547. The van der Waals surface area contributed by atoms with Gasteiger partial charge in [-0.25, -0.2) is 13.1 Å². The van der Waals surface area contributed by atoms with E-state index in [1.807, 2.05) is 30.3 Å². The van der Waals surface area contributed by atoms with E-state index in [0.717, 1.165) is 38.3 Å². The number of ether oxygens (including phenoxy) is 1. The lowest BCUT2D eigenvalue weighted by Crippen LogP contribution is -2.47. The summed E-state index contributed by atoms with van der Waals surface area (Å²) < 4.78 is 32.0. The smallest absolute Gasteiger partial charge is 0.244 e. The summed E-state index contributed by atoms with van der Waals surface area (Å²) in [6.07, 6.45) is 3.03. The van der Waals surface area contributed by atoms with E-state index in [1.165, 1.54) is 26.3 Å². The fourth-order valence-corrected chi connectivity index (χ4v) is 4.64. The summed E-state index contributed by atoms with van der Waals surface area (Å²) >= 11 is 0. The first-order valence-electron chi connectivity index (χ1n) is 10.9. The number of methoxy groups -OCH3 is 1. The number of hydrogen-bond acceptors (Lipinski definition) is 6. The predicted octanol–water partition coefficient (Wildman–Crippen LogP) is 1.72. The Balaban J connectivity index is 1.74. The van der Waals surface area contributed by atoms with Crippen molar-refractivity contribution in [3.8, 4) is 5.75 Å². The summed E-state index contributed by atoms with van der Waals surface area (Å²) in [5.41, 5.74) is 1.63. The summed E-state index contributed by atoms with van der Waals surface area (Å²) in [6, 6.07) is 14.5. The Bertz CT molecular complexity index is 1070. The van der Waals surface area contributed by atoms with Gasteiger partial charge < -0.3 is 15.0 Å². The lowest BCUT2D eigenvalue weighted by molar-refractivity contribution is -0.117. The van der Waals surface area contributed by atoms with Crippen LogP contribution in [0.3, 0.4) is 0 Å². The molecule has 3 rings (SSSR count). The van der Waals surface area contributed by atoms with Crippen molar-refractivity contribution in [2.75, 3.05) is 53.9 Å². The topological polar surface area (TPSA) is 91.0 Å². The molecule has 2 aromatic carbocycles. The molecular weight excluding hydrogens is 440 g/mol. The maximum Gasteiger partial charge on any atom is 0.244 e. The average molecular weight is 473 g/mol. The molecule has 0 radical (unpaired) electrons. The van der Waals surface area contributed by atoms with Crippen molar-refractivity contribution in [1.29, 1.82) is 0 Å². The van der Waals surface area contributed by atoms with Crippen LogP contribution in [0.1, 0.15) is 17.2 Å². The molecule has 0 aromatic heterocycles. The number of amides is 1. The molecule has 1 heterocycles. The van der Waals surface area contributed by atoms with Gasteiger partial charge in [0.15, 0.2) is 0 Å². The second-order valence-corrected chi connectivity index (χ2v) is 9.88. The van der Waals surface area contributed by atoms with E-state index < -0.39 is 10.0 Å². The highest BCUT2D eigenvalue weighted by Crippen LogP contribution is 2.25. The SMILES string of the molecule is CNS(=O)(=O)c1cc(/C=C/C(=O)NC(CN2CCN(C)CC2)c2ccccc2)ccc1OC. The van der Waals surface area contributed by atoms with Crippen molar-refractivity contribution in [3.63, 3.8) is 0 Å². The van der Waals surface area contributed by atoms with Gasteiger partial charge in [-0.05, 0) is 43.4 Å². The number of likely N-dealkylation sites (N-methyl/N-ethyl adjacent to an activating group) is 1. The Morgan fingerprint density at radius 3 is 2.45 bits per heavy atom. The second kappa shape index (κ2) is 11.4. The van der Waals surface area contributed by atoms with Gasteiger partial charge in [-0.2, -0.15) is 0 Å². The Kier molecular flexibility index (Phi) is 8.62. The van der Waals surface area contributed by atoms with Crippen molar-refractivity contribution in [2.45, 2.75) is 10.9 Å². The van der Waals surface area contributed by atoms with E-state index in [0.29, 0.717) is 5.56 Å². The zero-order valence-corrected chi connectivity index (χ0v) is 20.1. The van der Waals surface area contributed by atoms with Crippen LogP contribution < -0.4 is 14.8 Å². The largest absolute Gasteiger partial charge is 0.495 e. The fourth-order valence-electron chi connectivity index (χ4n) is 3.72. The van der Waals surface area contributed by atoms with E-state index in [9.17, 15) is 13.2 Å². The minimum Gasteiger partial charge on any atom is -0.495 e. The third kappa shape index (κ3) is 6.88. The molecule has 9 heteroatoms. The molecule has 1 saturated heterocycles. The summed E-state index contributed by atoms with van der Waals surface area (Å²) in [7, 11) is 1.18. The number of rotatable bonds is 9. The Labute approximate surface area is 196 Å². The molecule has 2 aromatic rings. The van der Waals surface area contributed by atoms with Gasteiger partial charge in [-0.1, -0.05) is 36.4 Å². The molecular formula is C24H32N4O4S. The molecule has 0 aliphatic carbocycles. The van der Waals surface area contributed by atoms with Crippen LogP contribution >= 0.6 is 0 Å². The minimum atomic E-state index is -3.70. The van der Waals surface area contributed by atoms with Crippen molar-refractivity contribution in [3.05, 3.63) is 65.7 Å². The average Bonchev–Trinajstić information content (AvgIpc) is 2.84. The number of hydrogen-bond donors (Lipinski definition) is 2. The van der Waals surface area contributed by atoms with Crippen LogP contribution in [0.15, 0.2) is 59.5 Å². The first-order valence-corrected chi connectivity index (χ1v) is 12.4. The normalized spacial score (nSPS) is 16.6. The highest BCUT2D eigenvalue weighted by atomic mass is 32.2. The van der Waals surface area contributed by atoms with Crippen LogP contribution in [0.25, 0.3) is 6.08 Å². The first-order chi connectivity index (χ1) is 15.8. The van der Waals surface area contributed by atoms with Crippen LogP contribution in [0.2, 0.25) is 0 Å². The van der Waals surface area contributed by atoms with Crippen LogP contribution in [-0.2, 0) is 14.8 Å². The third-order valence-electron chi connectivity index (χ3n) is 5.73. The molecule has 178 valence electrons. The second-order valence-electron chi connectivity index (χ2n) is 8.03. The van der Waals surface area contributed by atoms with Crippen LogP contribution in [0.4, 0.5) is 0 Å². The molecule has 33 heavy (non-hydrogen) atoms. The van der Waals surface area contributed by atoms with E-state index in [2.05, 4.69) is 26.9 Å². The molecule has 1 fully saturated rings. The van der Waals surface area contributed by atoms with Gasteiger partial charge in [0.2, 0.25) is 15.9 Å². The fraction of sp³-hybridized carbons (Fsp3) is 0.375. The summed E-state index contributed by atoms with van der Waals surface area (Å²) in [5, 5.41) is 3.10. The Morgan fingerprint density at radius 2 is 1.82 bits per heavy atom. The van der Waals surface area contributed by atoms with Gasteiger partial charge in [-0.3, -0.25) is 9.69 Å². The van der Waals surface area contributed by atoms with Crippen LogP contribution in [0.5, 0.6) is 5.75 Å². The lowest BCUT2D eigenvalue weighted by Gasteiger charge is -2.34. The minimum absolute atomic E-state index is 0.0206. The highest BCUT2D eigenvalue weighted by molar-refractivity contribution is 7.89. The molecule has 1 aliphatic heterocycles. The van der Waals surface area contributed by atoms with Crippen molar-refractivity contribution in [2.24, 2.45) is 0 Å². The number of sulfonamides is 1. The van der Waals surface area contributed by atoms with Gasteiger partial charge in [0.05, 0.1) is 13.2 Å². The molecule has 0 spiro atoms. The monoisotopic (exact) mass is 472 g/mol. The van der Waals surface area contributed by atoms with E-state index in [4.69, 9.17) is 4.74 Å². The predicted molar refractivity (Wildman–Crippen MR) is 130 cm³/mol. The van der Waals surface area contributed by atoms with Gasteiger partial charge >= 0.3 is 0 Å². The van der Waals surface area contributed by atoms with Crippen LogP contribution in [0, 0.1) is 0 Å². The van der Waals surface area contributed by atoms with Crippen molar-refractivity contribution in [1.82, 2.24) is 19.8 Å². The molecule has 0 bridgehead atoms. The molecule has 0 saturated carbocycles. The first kappa shape index (κ1) is 24.9. The number of piperazine rings is 1. The molecule has 1 atom stereocenters. The van der Waals surface area contributed by atoms with Crippen molar-refractivity contribution < 1.29 is 17.9 Å². The molecule has 1 amide bonds. The van der Waals surface area contributed by atoms with Gasteiger partial charge in [-0.15, -0.1) is 0 Å². The maximum atomic E-state index is 12.8. The number of nitrogens with one attached hydrogen (secondary N) is 2. The van der Waals surface area contributed by atoms with E-state index in [1.54, 1.807) is 18.2 Å². The van der Waals surface area contributed by atoms with E-state index in [-0.39, 0.29) is 22.6 Å². The number of nitrogens with zero attached hydrogens (tertiary/aromatic N) is 2. The Morgan fingerprint density at radius 1 is 1.12 bits per heavy atom. The molecule has 8 nitrogen and oxygen atoms in total. The number of carbonyl (C=O) groups is 1. The highest BCUT2D eigenvalue weighted by Gasteiger charge is 2.21. The molecule has 1 aliphatic rings. The lowest BCUT2D eigenvalue weighted by atomic mass is 10.1.